The minimum Gasteiger partial charge on any atom is -0.494 e. The van der Waals surface area contributed by atoms with Gasteiger partial charge in [-0.2, -0.15) is 0 Å². The monoisotopic (exact) mass is 275 g/mol. The number of allylic oxidation sites excluding steroid dienone is 3. The Morgan fingerprint density at radius 2 is 2.25 bits per heavy atom. The number of hydrogen-bond acceptors (Lipinski definition) is 4. The number of aliphatic hydroxyl groups excluding tert-OH is 1. The van der Waals surface area contributed by atoms with Gasteiger partial charge >= 0.3 is 0 Å². The molecule has 0 spiro atoms. The summed E-state index contributed by atoms with van der Waals surface area (Å²) in [6.45, 7) is 2.61. The van der Waals surface area contributed by atoms with Crippen LogP contribution in [0.5, 0.6) is 0 Å². The van der Waals surface area contributed by atoms with Crippen LogP contribution in [0, 0.1) is 0 Å². The van der Waals surface area contributed by atoms with Crippen molar-refractivity contribution in [3.63, 3.8) is 0 Å². The number of fused-ring (bicyclic) bond motifs is 2. The van der Waals surface area contributed by atoms with E-state index >= 15 is 0 Å². The maximum Gasteiger partial charge on any atom is 0.157 e. The van der Waals surface area contributed by atoms with Crippen LogP contribution in [0.3, 0.4) is 0 Å². The van der Waals surface area contributed by atoms with E-state index in [2.05, 4.69) is 4.99 Å². The Morgan fingerprint density at radius 3 is 3.00 bits per heavy atom. The van der Waals surface area contributed by atoms with Gasteiger partial charge in [0.2, 0.25) is 0 Å². The number of methoxy groups -OCH3 is 1. The zero-order valence-corrected chi connectivity index (χ0v) is 12.1. The Hall–Kier alpha value is -1.55. The molecule has 1 saturated carbocycles. The summed E-state index contributed by atoms with van der Waals surface area (Å²) in [4.78, 5) is 4.63. The van der Waals surface area contributed by atoms with Crippen LogP contribution in [0.2, 0.25) is 0 Å². The number of aliphatic imine (C=N–C) groups is 1. The fraction of sp³-hybridized carbons (Fsp3) is 0.562. The average molecular weight is 275 g/mol. The van der Waals surface area contributed by atoms with Crippen LogP contribution in [0.4, 0.5) is 0 Å². The molecule has 2 unspecified atom stereocenters. The van der Waals surface area contributed by atoms with Gasteiger partial charge in [-0.3, -0.25) is 4.99 Å². The smallest absolute Gasteiger partial charge is 0.157 e. The van der Waals surface area contributed by atoms with Gasteiger partial charge in [0, 0.05) is 12.6 Å². The van der Waals surface area contributed by atoms with Crippen LogP contribution in [0.1, 0.15) is 32.6 Å². The normalized spacial score (nSPS) is 28.9. The molecule has 3 rings (SSSR count). The van der Waals surface area contributed by atoms with Gasteiger partial charge in [-0.1, -0.05) is 0 Å². The second-order valence-electron chi connectivity index (χ2n) is 5.43. The SMILES string of the molecule is CCOC1=C(OC)C=C2C=NC3CCC(O)CC3=C2C1. The van der Waals surface area contributed by atoms with Gasteiger partial charge in [0.1, 0.15) is 5.76 Å². The molecular formula is C16H21NO3. The van der Waals surface area contributed by atoms with Crippen LogP contribution in [-0.4, -0.2) is 37.2 Å². The van der Waals surface area contributed by atoms with E-state index in [-0.39, 0.29) is 12.1 Å². The predicted molar refractivity (Wildman–Crippen MR) is 77.5 cm³/mol. The molecule has 0 bridgehead atoms. The van der Waals surface area contributed by atoms with E-state index in [1.165, 1.54) is 11.1 Å². The first kappa shape index (κ1) is 13.4. The third-order valence-corrected chi connectivity index (χ3v) is 4.20. The second-order valence-corrected chi connectivity index (χ2v) is 5.43. The highest BCUT2D eigenvalue weighted by atomic mass is 16.5. The largest absolute Gasteiger partial charge is 0.494 e. The molecule has 20 heavy (non-hydrogen) atoms. The molecule has 0 amide bonds. The molecule has 1 N–H and O–H groups in total. The summed E-state index contributed by atoms with van der Waals surface area (Å²) in [6, 6.07) is 0.248. The molecule has 0 radical (unpaired) electrons. The van der Waals surface area contributed by atoms with Crippen molar-refractivity contribution in [1.82, 2.24) is 0 Å². The van der Waals surface area contributed by atoms with Crippen LogP contribution >= 0.6 is 0 Å². The summed E-state index contributed by atoms with van der Waals surface area (Å²) in [7, 11) is 1.66. The molecule has 1 fully saturated rings. The summed E-state index contributed by atoms with van der Waals surface area (Å²) in [5, 5.41) is 9.93. The molecule has 2 atom stereocenters. The molecule has 0 aromatic rings. The fourth-order valence-corrected chi connectivity index (χ4v) is 3.22. The lowest BCUT2D eigenvalue weighted by atomic mass is 9.79. The summed E-state index contributed by atoms with van der Waals surface area (Å²) in [5.41, 5.74) is 3.66. The van der Waals surface area contributed by atoms with Gasteiger partial charge in [0.15, 0.2) is 5.76 Å². The van der Waals surface area contributed by atoms with Crippen molar-refractivity contribution in [3.05, 3.63) is 34.3 Å². The van der Waals surface area contributed by atoms with E-state index in [4.69, 9.17) is 9.47 Å². The average Bonchev–Trinajstić information content (AvgIpc) is 2.47. The second kappa shape index (κ2) is 5.44. The standard InChI is InChI=1S/C16H21NO3/c1-3-20-16-8-12-10(6-15(16)19-2)9-17-14-5-4-11(18)7-13(12)14/h6,9,11,14,18H,3-5,7-8H2,1-2H3. The van der Waals surface area contributed by atoms with E-state index in [0.717, 1.165) is 42.8 Å². The Bertz CT molecular complexity index is 528. The van der Waals surface area contributed by atoms with Crippen molar-refractivity contribution in [2.75, 3.05) is 13.7 Å². The minimum atomic E-state index is -0.230. The van der Waals surface area contributed by atoms with Gasteiger partial charge in [0.25, 0.3) is 0 Å². The summed E-state index contributed by atoms with van der Waals surface area (Å²) in [6.07, 6.45) is 6.97. The molecule has 1 aliphatic heterocycles. The first-order chi connectivity index (χ1) is 9.72. The molecule has 0 aromatic carbocycles. The van der Waals surface area contributed by atoms with Crippen molar-refractivity contribution < 1.29 is 14.6 Å². The summed E-state index contributed by atoms with van der Waals surface area (Å²) >= 11 is 0. The molecule has 3 aliphatic rings. The molecule has 108 valence electrons. The van der Waals surface area contributed by atoms with Crippen molar-refractivity contribution in [3.8, 4) is 0 Å². The van der Waals surface area contributed by atoms with Gasteiger partial charge in [-0.25, -0.2) is 0 Å². The topological polar surface area (TPSA) is 51.0 Å². The van der Waals surface area contributed by atoms with E-state index in [1.54, 1.807) is 7.11 Å². The van der Waals surface area contributed by atoms with Crippen LogP contribution in [0.25, 0.3) is 0 Å². The highest BCUT2D eigenvalue weighted by Gasteiger charge is 2.32. The van der Waals surface area contributed by atoms with Crippen molar-refractivity contribution in [2.45, 2.75) is 44.8 Å². The van der Waals surface area contributed by atoms with Crippen molar-refractivity contribution >= 4 is 6.21 Å². The molecule has 1 heterocycles. The van der Waals surface area contributed by atoms with E-state index in [9.17, 15) is 5.11 Å². The Morgan fingerprint density at radius 1 is 1.40 bits per heavy atom. The van der Waals surface area contributed by atoms with Gasteiger partial charge in [0.05, 0.1) is 25.9 Å². The number of dihydropyridines is 1. The van der Waals surface area contributed by atoms with E-state index in [0.29, 0.717) is 6.61 Å². The van der Waals surface area contributed by atoms with Crippen molar-refractivity contribution in [1.29, 1.82) is 0 Å². The maximum atomic E-state index is 9.93. The zero-order chi connectivity index (χ0) is 14.1. The molecule has 0 saturated heterocycles. The number of rotatable bonds is 3. The van der Waals surface area contributed by atoms with Gasteiger partial charge in [-0.15, -0.1) is 0 Å². The highest BCUT2D eigenvalue weighted by molar-refractivity contribution is 5.88. The lowest BCUT2D eigenvalue weighted by molar-refractivity contribution is 0.144. The third-order valence-electron chi connectivity index (χ3n) is 4.20. The molecule has 2 aliphatic carbocycles. The number of ether oxygens (including phenoxy) is 2. The summed E-state index contributed by atoms with van der Waals surface area (Å²) in [5.74, 6) is 1.67. The van der Waals surface area contributed by atoms with Gasteiger partial charge in [-0.05, 0) is 49.0 Å². The van der Waals surface area contributed by atoms with Crippen LogP contribution in [0.15, 0.2) is 39.3 Å². The Kier molecular flexibility index (Phi) is 3.66. The quantitative estimate of drug-likeness (QED) is 0.861. The van der Waals surface area contributed by atoms with E-state index < -0.39 is 0 Å². The number of nitrogens with zero attached hydrogens (tertiary/aromatic N) is 1. The lowest BCUT2D eigenvalue weighted by Crippen LogP contribution is -2.28. The predicted octanol–water partition coefficient (Wildman–Crippen LogP) is 2.51. The van der Waals surface area contributed by atoms with Crippen LogP contribution < -0.4 is 0 Å². The minimum absolute atomic E-state index is 0.230. The first-order valence-corrected chi connectivity index (χ1v) is 7.28. The van der Waals surface area contributed by atoms with Gasteiger partial charge < -0.3 is 14.6 Å². The molecular weight excluding hydrogens is 254 g/mol. The van der Waals surface area contributed by atoms with Crippen molar-refractivity contribution in [2.24, 2.45) is 4.99 Å². The third kappa shape index (κ3) is 2.29. The molecule has 0 aromatic heterocycles. The lowest BCUT2D eigenvalue weighted by Gasteiger charge is -2.33. The first-order valence-electron chi connectivity index (χ1n) is 7.28. The Balaban J connectivity index is 1.98. The maximum absolute atomic E-state index is 9.93. The van der Waals surface area contributed by atoms with Crippen LogP contribution in [-0.2, 0) is 9.47 Å². The number of hydrogen-bond donors (Lipinski definition) is 1. The molecule has 4 nitrogen and oxygen atoms in total. The number of aliphatic hydroxyl groups is 1. The summed E-state index contributed by atoms with van der Waals surface area (Å²) < 4.78 is 11.1. The van der Waals surface area contributed by atoms with E-state index in [1.807, 2.05) is 19.2 Å². The fourth-order valence-electron chi connectivity index (χ4n) is 3.22. The highest BCUT2D eigenvalue weighted by Crippen LogP contribution is 2.40. The molecule has 4 heteroatoms. The zero-order valence-electron chi connectivity index (χ0n) is 12.1. The Labute approximate surface area is 119 Å².